The summed E-state index contributed by atoms with van der Waals surface area (Å²) in [6, 6.07) is 21.1. The summed E-state index contributed by atoms with van der Waals surface area (Å²) in [6.45, 7) is 3.56. The number of carbonyl (C=O) groups is 2. The van der Waals surface area contributed by atoms with Gasteiger partial charge in [0, 0.05) is 12.8 Å². The SMILES string of the molecule is Cc1ccc(C2=C(C(=O)NS(=O)(=O)c3ccccc3)C(=O)N[C@](C)(c3ccc(OCCCC(F)(F)F)cc3)C2)cc1. The summed E-state index contributed by atoms with van der Waals surface area (Å²) in [5.74, 6) is -1.42. The minimum atomic E-state index is -4.24. The normalized spacial score (nSPS) is 17.6. The maximum atomic E-state index is 13.5. The highest BCUT2D eigenvalue weighted by atomic mass is 32.2. The Bertz CT molecular complexity index is 1550. The van der Waals surface area contributed by atoms with Crippen molar-refractivity contribution in [2.45, 2.75) is 49.7 Å². The zero-order valence-corrected chi connectivity index (χ0v) is 23.2. The van der Waals surface area contributed by atoms with Crippen LogP contribution in [0.15, 0.2) is 89.3 Å². The van der Waals surface area contributed by atoms with Crippen LogP contribution in [0.3, 0.4) is 0 Å². The molecule has 2 N–H and O–H groups in total. The smallest absolute Gasteiger partial charge is 0.389 e. The first-order valence-electron chi connectivity index (χ1n) is 12.8. The van der Waals surface area contributed by atoms with Crippen molar-refractivity contribution in [2.24, 2.45) is 0 Å². The molecule has 0 unspecified atom stereocenters. The van der Waals surface area contributed by atoms with Crippen LogP contribution in [0, 0.1) is 6.92 Å². The first-order chi connectivity index (χ1) is 19.3. The van der Waals surface area contributed by atoms with Crippen molar-refractivity contribution in [3.05, 3.63) is 101 Å². The number of nitrogens with one attached hydrogen (secondary N) is 2. The number of benzene rings is 3. The van der Waals surface area contributed by atoms with E-state index in [1.807, 2.05) is 23.8 Å². The second-order valence-electron chi connectivity index (χ2n) is 10.0. The molecule has 1 aliphatic rings. The third-order valence-corrected chi connectivity index (χ3v) is 8.07. The molecule has 11 heteroatoms. The van der Waals surface area contributed by atoms with E-state index in [0.717, 1.165) is 5.56 Å². The quantitative estimate of drug-likeness (QED) is 0.258. The molecule has 0 radical (unpaired) electrons. The molecule has 0 spiro atoms. The van der Waals surface area contributed by atoms with Gasteiger partial charge in [-0.25, -0.2) is 13.1 Å². The van der Waals surface area contributed by atoms with E-state index in [4.69, 9.17) is 4.74 Å². The standard InChI is InChI=1S/C30H29F3N2O5S/c1-20-9-11-21(12-10-20)25-19-29(2,22-13-15-23(16-14-22)40-18-6-17-30(31,32)33)34-27(36)26(25)28(37)35-41(38,39)24-7-4-3-5-8-24/h3-5,7-16H,6,17-19H2,1-2H3,(H,34,36)(H,35,37)/t29-/m0/s1. The van der Waals surface area contributed by atoms with Crippen LogP contribution < -0.4 is 14.8 Å². The molecule has 7 nitrogen and oxygen atoms in total. The molecule has 1 atom stereocenters. The zero-order valence-electron chi connectivity index (χ0n) is 22.4. The fourth-order valence-corrected chi connectivity index (χ4v) is 5.54. The minimum absolute atomic E-state index is 0.0997. The Kier molecular flexibility index (Phi) is 8.58. The molecule has 0 saturated heterocycles. The van der Waals surface area contributed by atoms with Crippen molar-refractivity contribution < 1.29 is 35.9 Å². The summed E-state index contributed by atoms with van der Waals surface area (Å²) < 4.78 is 70.3. The minimum Gasteiger partial charge on any atom is -0.494 e. The number of hydrogen-bond acceptors (Lipinski definition) is 5. The van der Waals surface area contributed by atoms with Crippen molar-refractivity contribution in [1.29, 1.82) is 0 Å². The Hall–Kier alpha value is -4.12. The third kappa shape index (κ3) is 7.35. The first kappa shape index (κ1) is 29.9. The van der Waals surface area contributed by atoms with E-state index in [0.29, 0.717) is 22.4 Å². The van der Waals surface area contributed by atoms with Crippen molar-refractivity contribution in [1.82, 2.24) is 10.0 Å². The van der Waals surface area contributed by atoms with E-state index in [2.05, 4.69) is 5.32 Å². The summed E-state index contributed by atoms with van der Waals surface area (Å²) in [7, 11) is -4.24. The van der Waals surface area contributed by atoms with Crippen molar-refractivity contribution >= 4 is 27.4 Å². The van der Waals surface area contributed by atoms with Crippen LogP contribution in [0.5, 0.6) is 5.75 Å². The molecular weight excluding hydrogens is 557 g/mol. The van der Waals surface area contributed by atoms with Gasteiger partial charge >= 0.3 is 6.18 Å². The average molecular weight is 587 g/mol. The van der Waals surface area contributed by atoms with Gasteiger partial charge in [-0.1, -0.05) is 60.2 Å². The maximum Gasteiger partial charge on any atom is 0.389 e. The van der Waals surface area contributed by atoms with Crippen LogP contribution in [-0.4, -0.2) is 33.0 Å². The second-order valence-corrected chi connectivity index (χ2v) is 11.7. The Balaban J connectivity index is 1.62. The van der Waals surface area contributed by atoms with Crippen LogP contribution in [-0.2, 0) is 25.2 Å². The summed E-state index contributed by atoms with van der Waals surface area (Å²) in [6.07, 6.45) is -5.20. The number of rotatable bonds is 9. The summed E-state index contributed by atoms with van der Waals surface area (Å²) in [5.41, 5.74) is 1.27. The van der Waals surface area contributed by atoms with Gasteiger partial charge in [0.15, 0.2) is 0 Å². The summed E-state index contributed by atoms with van der Waals surface area (Å²) in [5, 5.41) is 2.85. The van der Waals surface area contributed by atoms with Crippen LogP contribution in [0.4, 0.5) is 13.2 Å². The summed E-state index contributed by atoms with van der Waals surface area (Å²) >= 11 is 0. The molecule has 3 aromatic carbocycles. The zero-order chi connectivity index (χ0) is 29.8. The van der Waals surface area contributed by atoms with Crippen molar-refractivity contribution in [3.8, 4) is 5.75 Å². The fourth-order valence-electron chi connectivity index (χ4n) is 4.57. The number of halogens is 3. The molecular formula is C30H29F3N2O5S. The Morgan fingerprint density at radius 2 is 1.63 bits per heavy atom. The molecule has 0 aliphatic carbocycles. The van der Waals surface area contributed by atoms with Gasteiger partial charge in [-0.2, -0.15) is 13.2 Å². The van der Waals surface area contributed by atoms with E-state index < -0.39 is 40.0 Å². The lowest BCUT2D eigenvalue weighted by Crippen LogP contribution is -2.50. The molecule has 0 bridgehead atoms. The molecule has 0 fully saturated rings. The number of sulfonamides is 1. The molecule has 216 valence electrons. The van der Waals surface area contributed by atoms with Crippen LogP contribution in [0.25, 0.3) is 5.57 Å². The van der Waals surface area contributed by atoms with Gasteiger partial charge in [-0.05, 0) is 61.2 Å². The van der Waals surface area contributed by atoms with Gasteiger partial charge in [0.2, 0.25) is 0 Å². The Morgan fingerprint density at radius 3 is 2.24 bits per heavy atom. The van der Waals surface area contributed by atoms with Crippen molar-refractivity contribution in [2.75, 3.05) is 6.61 Å². The van der Waals surface area contributed by atoms with E-state index in [1.165, 1.54) is 24.3 Å². The van der Waals surface area contributed by atoms with E-state index in [-0.39, 0.29) is 29.9 Å². The first-order valence-corrected chi connectivity index (χ1v) is 14.3. The predicted molar refractivity (Wildman–Crippen MR) is 147 cm³/mol. The second kappa shape index (κ2) is 11.8. The van der Waals surface area contributed by atoms with Gasteiger partial charge in [0.25, 0.3) is 21.8 Å². The van der Waals surface area contributed by atoms with Gasteiger partial charge in [-0.3, -0.25) is 9.59 Å². The number of amides is 2. The number of ether oxygens (including phenoxy) is 1. The van der Waals surface area contributed by atoms with E-state index >= 15 is 0 Å². The molecule has 3 aromatic rings. The fraction of sp³-hybridized carbons (Fsp3) is 0.267. The molecule has 41 heavy (non-hydrogen) atoms. The highest BCUT2D eigenvalue weighted by Gasteiger charge is 2.40. The largest absolute Gasteiger partial charge is 0.494 e. The molecule has 1 heterocycles. The predicted octanol–water partition coefficient (Wildman–Crippen LogP) is 5.41. The van der Waals surface area contributed by atoms with Crippen LogP contribution >= 0.6 is 0 Å². The lowest BCUT2D eigenvalue weighted by Gasteiger charge is -2.37. The molecule has 4 rings (SSSR count). The Labute approximate surface area is 236 Å². The van der Waals surface area contributed by atoms with Gasteiger partial charge in [-0.15, -0.1) is 0 Å². The Morgan fingerprint density at radius 1 is 1.00 bits per heavy atom. The molecule has 0 aromatic heterocycles. The highest BCUT2D eigenvalue weighted by molar-refractivity contribution is 7.90. The monoisotopic (exact) mass is 586 g/mol. The summed E-state index contributed by atoms with van der Waals surface area (Å²) in [4.78, 5) is 26.7. The lowest BCUT2D eigenvalue weighted by atomic mass is 9.78. The maximum absolute atomic E-state index is 13.5. The van der Waals surface area contributed by atoms with Gasteiger partial charge in [0.05, 0.1) is 17.0 Å². The highest BCUT2D eigenvalue weighted by Crippen LogP contribution is 2.39. The van der Waals surface area contributed by atoms with E-state index in [9.17, 15) is 31.2 Å². The molecule has 1 aliphatic heterocycles. The van der Waals surface area contributed by atoms with Crippen molar-refractivity contribution in [3.63, 3.8) is 0 Å². The van der Waals surface area contributed by atoms with Crippen LogP contribution in [0.2, 0.25) is 0 Å². The average Bonchev–Trinajstić information content (AvgIpc) is 2.91. The molecule has 2 amide bonds. The number of alkyl halides is 3. The topological polar surface area (TPSA) is 102 Å². The number of carbonyl (C=O) groups excluding carboxylic acids is 2. The number of aryl methyl sites for hydroxylation is 1. The van der Waals surface area contributed by atoms with Gasteiger partial charge < -0.3 is 10.1 Å². The third-order valence-electron chi connectivity index (χ3n) is 6.72. The lowest BCUT2D eigenvalue weighted by molar-refractivity contribution is -0.136. The molecule has 0 saturated carbocycles. The van der Waals surface area contributed by atoms with E-state index in [1.54, 1.807) is 49.4 Å². The number of hydrogen-bond donors (Lipinski definition) is 2. The van der Waals surface area contributed by atoms with Gasteiger partial charge in [0.1, 0.15) is 11.3 Å². The van der Waals surface area contributed by atoms with Crippen LogP contribution in [0.1, 0.15) is 42.9 Å².